The Labute approximate surface area is 300 Å². The molecule has 2 amide bonds. The zero-order valence-corrected chi connectivity index (χ0v) is 28.2. The van der Waals surface area contributed by atoms with Crippen molar-refractivity contribution in [2.45, 2.75) is 13.1 Å². The normalized spacial score (nSPS) is 10.8. The highest BCUT2D eigenvalue weighted by Gasteiger charge is 2.10. The van der Waals surface area contributed by atoms with Gasteiger partial charge < -0.3 is 22.1 Å². The average molecular weight is 685 g/mol. The molecule has 52 heavy (non-hydrogen) atoms. The predicted octanol–water partition coefficient (Wildman–Crippen LogP) is 7.84. The molecule has 6 N–H and O–H groups in total. The van der Waals surface area contributed by atoms with Crippen LogP contribution in [0.2, 0.25) is 0 Å². The number of hydrogen-bond donors (Lipinski definition) is 4. The molecular weight excluding hydrogens is 649 g/mol. The lowest BCUT2D eigenvalue weighted by Crippen LogP contribution is -2.13. The Kier molecular flexibility index (Phi) is 9.70. The fraction of sp³-hybridized carbons (Fsp3) is 0.0476. The second-order valence-electron chi connectivity index (χ2n) is 12.2. The van der Waals surface area contributed by atoms with Gasteiger partial charge in [0.25, 0.3) is 11.8 Å². The molecular formula is C42H36N8O2. The number of nitrogens with two attached hydrogens (primary N) is 2. The first kappa shape index (κ1) is 33.3. The van der Waals surface area contributed by atoms with Gasteiger partial charge in [0.05, 0.1) is 53.1 Å². The van der Waals surface area contributed by atoms with Crippen molar-refractivity contribution in [3.05, 3.63) is 180 Å². The summed E-state index contributed by atoms with van der Waals surface area (Å²) < 4.78 is 3.86. The van der Waals surface area contributed by atoms with Crippen LogP contribution in [0, 0.1) is 0 Å². The van der Waals surface area contributed by atoms with Gasteiger partial charge in [-0.05, 0) is 71.8 Å². The maximum atomic E-state index is 12.4. The van der Waals surface area contributed by atoms with Crippen molar-refractivity contribution in [3.63, 3.8) is 0 Å². The lowest BCUT2D eigenvalue weighted by atomic mass is 10.1. The largest absolute Gasteiger partial charge is 0.397 e. The summed E-state index contributed by atoms with van der Waals surface area (Å²) in [5.41, 5.74) is 19.4. The first-order valence-corrected chi connectivity index (χ1v) is 16.7. The topological polar surface area (TPSA) is 146 Å². The third kappa shape index (κ3) is 7.82. The van der Waals surface area contributed by atoms with Gasteiger partial charge in [0.15, 0.2) is 0 Å². The quantitative estimate of drug-likeness (QED) is 0.120. The summed E-state index contributed by atoms with van der Waals surface area (Å²) in [6.45, 7) is 1.31. The van der Waals surface area contributed by atoms with Crippen LogP contribution in [-0.2, 0) is 13.1 Å². The lowest BCUT2D eigenvalue weighted by Gasteiger charge is -2.09. The minimum Gasteiger partial charge on any atom is -0.397 e. The minimum absolute atomic E-state index is 0.181. The Morgan fingerprint density at radius 2 is 1.06 bits per heavy atom. The number of amides is 2. The minimum atomic E-state index is -0.181. The van der Waals surface area contributed by atoms with Crippen molar-refractivity contribution in [1.29, 1.82) is 0 Å². The number of para-hydroxylation sites is 5. The summed E-state index contributed by atoms with van der Waals surface area (Å²) >= 11 is 0. The van der Waals surface area contributed by atoms with Gasteiger partial charge in [0.2, 0.25) is 0 Å². The maximum Gasteiger partial charge on any atom is 0.255 e. The van der Waals surface area contributed by atoms with E-state index in [1.165, 1.54) is 0 Å². The fourth-order valence-electron chi connectivity index (χ4n) is 5.74. The lowest BCUT2D eigenvalue weighted by molar-refractivity contribution is 0.101. The molecule has 6 aromatic carbocycles. The molecule has 0 aliphatic carbocycles. The van der Waals surface area contributed by atoms with Crippen LogP contribution in [0.4, 0.5) is 22.7 Å². The molecule has 2 heterocycles. The number of nitrogen functional groups attached to an aromatic ring is 2. The van der Waals surface area contributed by atoms with Crippen LogP contribution in [0.3, 0.4) is 0 Å². The molecule has 8 aromatic rings. The van der Waals surface area contributed by atoms with Crippen LogP contribution < -0.4 is 22.1 Å². The number of aromatic nitrogens is 4. The zero-order chi connectivity index (χ0) is 35.9. The van der Waals surface area contributed by atoms with E-state index in [1.54, 1.807) is 24.3 Å². The summed E-state index contributed by atoms with van der Waals surface area (Å²) in [5.74, 6) is -0.363. The Hall–Kier alpha value is -7.20. The molecule has 2 aromatic heterocycles. The molecule has 256 valence electrons. The van der Waals surface area contributed by atoms with Crippen molar-refractivity contribution in [2.75, 3.05) is 22.1 Å². The summed E-state index contributed by atoms with van der Waals surface area (Å²) in [4.78, 5) is 24.8. The summed E-state index contributed by atoms with van der Waals surface area (Å²) in [6.07, 6.45) is 3.88. The molecule has 0 spiro atoms. The predicted molar refractivity (Wildman–Crippen MR) is 208 cm³/mol. The zero-order valence-electron chi connectivity index (χ0n) is 28.2. The molecule has 10 heteroatoms. The van der Waals surface area contributed by atoms with Crippen molar-refractivity contribution >= 4 is 56.4 Å². The smallest absolute Gasteiger partial charge is 0.255 e. The first-order valence-electron chi connectivity index (χ1n) is 16.7. The van der Waals surface area contributed by atoms with Gasteiger partial charge in [-0.2, -0.15) is 10.2 Å². The maximum absolute atomic E-state index is 12.4. The van der Waals surface area contributed by atoms with Crippen LogP contribution >= 0.6 is 0 Å². The third-order valence-corrected chi connectivity index (χ3v) is 8.54. The molecule has 0 saturated carbocycles. The Bertz CT molecular complexity index is 2440. The number of benzene rings is 6. The van der Waals surface area contributed by atoms with Crippen molar-refractivity contribution in [1.82, 2.24) is 19.6 Å². The molecule has 10 nitrogen and oxygen atoms in total. The highest BCUT2D eigenvalue weighted by molar-refractivity contribution is 6.06. The van der Waals surface area contributed by atoms with Crippen molar-refractivity contribution in [3.8, 4) is 0 Å². The van der Waals surface area contributed by atoms with Gasteiger partial charge >= 0.3 is 0 Å². The van der Waals surface area contributed by atoms with E-state index in [4.69, 9.17) is 11.5 Å². The number of rotatable bonds is 8. The van der Waals surface area contributed by atoms with E-state index >= 15 is 0 Å². The standard InChI is InChI=1S/2C21H18N4O/c22-18-6-2-3-7-19(18)24-21(26)16-11-9-15(10-12-16)14-25-20-8-4-1-5-17(20)13-23-25;22-18-6-2-4-8-20(18)23-21(26)16-11-9-15(10-12-16)13-25-14-17-5-1-3-7-19(17)24-25/h1-13H,14,22H2,(H,24,26);1-12,14H,13,22H2,(H,23,26). The van der Waals surface area contributed by atoms with Gasteiger partial charge in [0.1, 0.15) is 0 Å². The molecule has 8 rings (SSSR count). The van der Waals surface area contributed by atoms with Gasteiger partial charge in [-0.1, -0.05) is 84.9 Å². The molecule has 0 aliphatic rings. The van der Waals surface area contributed by atoms with E-state index in [2.05, 4.69) is 26.9 Å². The highest BCUT2D eigenvalue weighted by atomic mass is 16.2. The number of hydrogen-bond acceptors (Lipinski definition) is 6. The molecule has 0 radical (unpaired) electrons. The molecule has 0 fully saturated rings. The summed E-state index contributed by atoms with van der Waals surface area (Å²) in [5, 5.41) is 16.9. The summed E-state index contributed by atoms with van der Waals surface area (Å²) in [6, 6.07) is 45.6. The fourth-order valence-corrected chi connectivity index (χ4v) is 5.74. The van der Waals surface area contributed by atoms with Crippen LogP contribution in [0.25, 0.3) is 21.8 Å². The first-order chi connectivity index (χ1) is 25.4. The average Bonchev–Trinajstić information content (AvgIpc) is 3.78. The van der Waals surface area contributed by atoms with Gasteiger partial charge in [0, 0.05) is 28.1 Å². The number of anilines is 4. The number of carbonyl (C=O) groups is 2. The number of fused-ring (bicyclic) bond motifs is 2. The van der Waals surface area contributed by atoms with Crippen molar-refractivity contribution in [2.24, 2.45) is 0 Å². The van der Waals surface area contributed by atoms with Gasteiger partial charge in [-0.3, -0.25) is 19.0 Å². The Balaban J connectivity index is 0.000000162. The van der Waals surface area contributed by atoms with E-state index in [1.807, 2.05) is 137 Å². The molecule has 0 aliphatic heterocycles. The molecule has 0 atom stereocenters. The van der Waals surface area contributed by atoms with E-state index < -0.39 is 0 Å². The van der Waals surface area contributed by atoms with Crippen LogP contribution in [0.1, 0.15) is 31.8 Å². The third-order valence-electron chi connectivity index (χ3n) is 8.54. The van der Waals surface area contributed by atoms with Crippen LogP contribution in [-0.4, -0.2) is 31.4 Å². The SMILES string of the molecule is Nc1ccccc1NC(=O)c1ccc(Cn2cc3ccccc3n2)cc1.Nc1ccccc1NC(=O)c1ccc(Cn2ncc3ccccc32)cc1. The molecule has 0 unspecified atom stereocenters. The van der Waals surface area contributed by atoms with Gasteiger partial charge in [-0.25, -0.2) is 0 Å². The Morgan fingerprint density at radius 1 is 0.558 bits per heavy atom. The number of carbonyl (C=O) groups excluding carboxylic acids is 2. The van der Waals surface area contributed by atoms with E-state index in [9.17, 15) is 9.59 Å². The highest BCUT2D eigenvalue weighted by Crippen LogP contribution is 2.20. The monoisotopic (exact) mass is 684 g/mol. The second kappa shape index (κ2) is 15.1. The van der Waals surface area contributed by atoms with Crippen molar-refractivity contribution < 1.29 is 9.59 Å². The number of nitrogens with zero attached hydrogens (tertiary/aromatic N) is 4. The Morgan fingerprint density at radius 3 is 1.63 bits per heavy atom. The molecule has 0 saturated heterocycles. The summed E-state index contributed by atoms with van der Waals surface area (Å²) in [7, 11) is 0. The van der Waals surface area contributed by atoms with Crippen LogP contribution in [0.5, 0.6) is 0 Å². The van der Waals surface area contributed by atoms with Crippen LogP contribution in [0.15, 0.2) is 158 Å². The number of nitrogens with one attached hydrogen (secondary N) is 2. The van der Waals surface area contributed by atoms with E-state index in [-0.39, 0.29) is 11.8 Å². The second-order valence-corrected chi connectivity index (χ2v) is 12.2. The van der Waals surface area contributed by atoms with E-state index in [0.717, 1.165) is 32.9 Å². The van der Waals surface area contributed by atoms with Gasteiger partial charge in [-0.15, -0.1) is 0 Å². The van der Waals surface area contributed by atoms with E-state index in [0.29, 0.717) is 47.0 Å². The molecule has 0 bridgehead atoms.